The molecule has 38 heavy (non-hydrogen) atoms. The van der Waals surface area contributed by atoms with E-state index < -0.39 is 40.0 Å². The maximum absolute atomic E-state index is 13.5. The Kier molecular flexibility index (Phi) is 6.48. The highest BCUT2D eigenvalue weighted by molar-refractivity contribution is 7.89. The van der Waals surface area contributed by atoms with Crippen LogP contribution in [0.4, 0.5) is 4.79 Å². The minimum atomic E-state index is -3.70. The van der Waals surface area contributed by atoms with E-state index in [4.69, 9.17) is 0 Å². The number of carbonyl (C=O) groups excluding carboxylic acids is 3. The molecular weight excluding hydrogens is 504 g/mol. The van der Waals surface area contributed by atoms with E-state index in [1.807, 2.05) is 49.4 Å². The lowest BCUT2D eigenvalue weighted by Crippen LogP contribution is -2.53. The molecule has 0 bridgehead atoms. The zero-order valence-electron chi connectivity index (χ0n) is 21.6. The Morgan fingerprint density at radius 3 is 2.34 bits per heavy atom. The monoisotopic (exact) mass is 534 g/mol. The second-order valence-electron chi connectivity index (χ2n) is 10.0. The summed E-state index contributed by atoms with van der Waals surface area (Å²) in [6.45, 7) is 5.53. The highest BCUT2D eigenvalue weighted by Crippen LogP contribution is 2.34. The van der Waals surface area contributed by atoms with E-state index in [9.17, 15) is 22.8 Å². The fourth-order valence-electron chi connectivity index (χ4n) is 5.33. The Hall–Kier alpha value is -3.76. The van der Waals surface area contributed by atoms with Crippen LogP contribution >= 0.6 is 0 Å². The number of aryl methyl sites for hydroxylation is 2. The smallest absolute Gasteiger partial charge is 0.325 e. The fourth-order valence-corrected chi connectivity index (χ4v) is 6.95. The van der Waals surface area contributed by atoms with Crippen LogP contribution in [0.15, 0.2) is 65.6 Å². The Balaban J connectivity index is 1.27. The van der Waals surface area contributed by atoms with Crippen molar-refractivity contribution in [2.24, 2.45) is 0 Å². The number of hydrogen-bond acceptors (Lipinski definition) is 5. The Bertz CT molecular complexity index is 1560. The largest absolute Gasteiger partial charge is 0.338 e. The second-order valence-corrected chi connectivity index (χ2v) is 11.9. The second kappa shape index (κ2) is 9.52. The van der Waals surface area contributed by atoms with Gasteiger partial charge in [-0.2, -0.15) is 4.31 Å². The number of sulfonamides is 1. The predicted molar refractivity (Wildman–Crippen MR) is 143 cm³/mol. The number of benzene rings is 3. The number of rotatable bonds is 5. The van der Waals surface area contributed by atoms with Crippen molar-refractivity contribution in [1.82, 2.24) is 19.4 Å². The zero-order valence-corrected chi connectivity index (χ0v) is 22.4. The normalized spacial score (nSPS) is 20.7. The highest BCUT2D eigenvalue weighted by Gasteiger charge is 2.50. The molecule has 0 radical (unpaired) electrons. The topological polar surface area (TPSA) is 107 Å². The van der Waals surface area contributed by atoms with Crippen LogP contribution in [-0.4, -0.2) is 73.1 Å². The van der Waals surface area contributed by atoms with Crippen LogP contribution in [0.25, 0.3) is 10.8 Å². The molecule has 0 saturated carbocycles. The first-order chi connectivity index (χ1) is 18.0. The molecule has 10 heteroatoms. The summed E-state index contributed by atoms with van der Waals surface area (Å²) >= 11 is 0. The third-order valence-electron chi connectivity index (χ3n) is 7.44. The minimum absolute atomic E-state index is 0.134. The van der Waals surface area contributed by atoms with Gasteiger partial charge in [-0.3, -0.25) is 14.5 Å². The first kappa shape index (κ1) is 25.9. The van der Waals surface area contributed by atoms with Gasteiger partial charge >= 0.3 is 6.03 Å². The number of carbonyl (C=O) groups is 3. The van der Waals surface area contributed by atoms with Crippen molar-refractivity contribution in [3.8, 4) is 0 Å². The van der Waals surface area contributed by atoms with Gasteiger partial charge in [0.25, 0.3) is 5.91 Å². The number of imide groups is 1. The van der Waals surface area contributed by atoms with Crippen molar-refractivity contribution in [3.05, 3.63) is 77.4 Å². The molecule has 5 rings (SSSR count). The number of nitrogens with zero attached hydrogens (tertiary/aromatic N) is 3. The van der Waals surface area contributed by atoms with Crippen LogP contribution < -0.4 is 5.32 Å². The van der Waals surface area contributed by atoms with Gasteiger partial charge in [-0.05, 0) is 48.7 Å². The first-order valence-corrected chi connectivity index (χ1v) is 13.9. The van der Waals surface area contributed by atoms with Crippen molar-refractivity contribution < 1.29 is 22.8 Å². The minimum Gasteiger partial charge on any atom is -0.338 e. The summed E-state index contributed by atoms with van der Waals surface area (Å²) < 4.78 is 27.7. The van der Waals surface area contributed by atoms with Gasteiger partial charge < -0.3 is 10.2 Å². The van der Waals surface area contributed by atoms with Crippen molar-refractivity contribution in [2.45, 2.75) is 31.2 Å². The third kappa shape index (κ3) is 4.33. The van der Waals surface area contributed by atoms with Crippen molar-refractivity contribution >= 4 is 38.6 Å². The van der Waals surface area contributed by atoms with Crippen LogP contribution in [0.2, 0.25) is 0 Å². The molecular formula is C28H30N4O5S. The van der Waals surface area contributed by atoms with Crippen molar-refractivity contribution in [1.29, 1.82) is 0 Å². The molecule has 4 amide bonds. The van der Waals surface area contributed by atoms with E-state index in [-0.39, 0.29) is 31.1 Å². The van der Waals surface area contributed by atoms with E-state index in [1.54, 1.807) is 32.0 Å². The van der Waals surface area contributed by atoms with E-state index in [2.05, 4.69) is 5.32 Å². The van der Waals surface area contributed by atoms with E-state index >= 15 is 0 Å². The van der Waals surface area contributed by atoms with Gasteiger partial charge in [-0.25, -0.2) is 13.2 Å². The van der Waals surface area contributed by atoms with Crippen LogP contribution in [0, 0.1) is 13.8 Å². The zero-order chi connectivity index (χ0) is 27.2. The van der Waals surface area contributed by atoms with E-state index in [1.165, 1.54) is 9.21 Å². The summed E-state index contributed by atoms with van der Waals surface area (Å²) in [6, 6.07) is 17.8. The molecule has 9 nitrogen and oxygen atoms in total. The van der Waals surface area contributed by atoms with Gasteiger partial charge in [0.15, 0.2) is 0 Å². The van der Waals surface area contributed by atoms with Crippen molar-refractivity contribution in [2.75, 3.05) is 32.7 Å². The summed E-state index contributed by atoms with van der Waals surface area (Å²) in [6.07, 6.45) is 0. The van der Waals surface area contributed by atoms with Gasteiger partial charge in [0.2, 0.25) is 15.9 Å². The van der Waals surface area contributed by atoms with Crippen LogP contribution in [0.1, 0.15) is 23.6 Å². The molecule has 0 spiro atoms. The molecule has 198 valence electrons. The number of fused-ring (bicyclic) bond motifs is 1. The van der Waals surface area contributed by atoms with Crippen LogP contribution in [0.5, 0.6) is 0 Å². The maximum atomic E-state index is 13.5. The summed E-state index contributed by atoms with van der Waals surface area (Å²) in [5.74, 6) is -0.900. The van der Waals surface area contributed by atoms with Crippen LogP contribution in [-0.2, 0) is 25.2 Å². The van der Waals surface area contributed by atoms with Crippen molar-refractivity contribution in [3.63, 3.8) is 0 Å². The molecule has 2 fully saturated rings. The molecule has 0 aliphatic carbocycles. The molecule has 2 aliphatic heterocycles. The molecule has 1 atom stereocenters. The quantitative estimate of drug-likeness (QED) is 0.507. The van der Waals surface area contributed by atoms with Gasteiger partial charge in [-0.1, -0.05) is 60.2 Å². The molecule has 3 aromatic carbocycles. The Morgan fingerprint density at radius 2 is 1.63 bits per heavy atom. The number of hydrogen-bond donors (Lipinski definition) is 1. The molecule has 0 aromatic heterocycles. The first-order valence-electron chi connectivity index (χ1n) is 12.5. The lowest BCUT2D eigenvalue weighted by Gasteiger charge is -2.34. The summed E-state index contributed by atoms with van der Waals surface area (Å²) in [7, 11) is -3.70. The number of nitrogens with one attached hydrogen (secondary N) is 1. The van der Waals surface area contributed by atoms with Gasteiger partial charge in [0, 0.05) is 26.2 Å². The average Bonchev–Trinajstić information content (AvgIpc) is 3.11. The molecule has 2 heterocycles. The fraction of sp³-hybridized carbons (Fsp3) is 0.321. The summed E-state index contributed by atoms with van der Waals surface area (Å²) in [4.78, 5) is 42.2. The lowest BCUT2D eigenvalue weighted by atomic mass is 9.88. The van der Waals surface area contributed by atoms with Gasteiger partial charge in [0.1, 0.15) is 12.1 Å². The van der Waals surface area contributed by atoms with E-state index in [0.29, 0.717) is 11.1 Å². The number of piperazine rings is 1. The summed E-state index contributed by atoms with van der Waals surface area (Å²) in [5, 5.41) is 4.57. The average molecular weight is 535 g/mol. The number of urea groups is 1. The standard InChI is InChI=1S/C28H30N4O5S/c1-19-11-12-24(20(2)17-19)38(36,37)31-15-13-30(14-16-31)25(33)18-32-26(34)28(3,29-27(32)35)23-10-6-8-21-7-4-5-9-22(21)23/h4-12,17H,13-16,18H2,1-3H3,(H,29,35)/t28-/m1/s1. The van der Waals surface area contributed by atoms with Gasteiger partial charge in [0.05, 0.1) is 4.90 Å². The Morgan fingerprint density at radius 1 is 0.947 bits per heavy atom. The van der Waals surface area contributed by atoms with Crippen LogP contribution in [0.3, 0.4) is 0 Å². The number of amides is 4. The highest BCUT2D eigenvalue weighted by atomic mass is 32.2. The van der Waals surface area contributed by atoms with E-state index in [0.717, 1.165) is 21.2 Å². The summed E-state index contributed by atoms with van der Waals surface area (Å²) in [5.41, 5.74) is 1.01. The molecule has 1 N–H and O–H groups in total. The lowest BCUT2D eigenvalue weighted by molar-refractivity contribution is -0.139. The molecule has 2 aliphatic rings. The van der Waals surface area contributed by atoms with Gasteiger partial charge in [-0.15, -0.1) is 0 Å². The predicted octanol–water partition coefficient (Wildman–Crippen LogP) is 2.76. The molecule has 2 saturated heterocycles. The maximum Gasteiger partial charge on any atom is 0.325 e. The molecule has 3 aromatic rings. The SMILES string of the molecule is Cc1ccc(S(=O)(=O)N2CCN(C(=O)CN3C(=O)N[C@](C)(c4cccc5ccccc45)C3=O)CC2)c(C)c1. The Labute approximate surface area is 222 Å². The third-order valence-corrected chi connectivity index (χ3v) is 9.50. The molecule has 0 unspecified atom stereocenters.